The van der Waals surface area contributed by atoms with Gasteiger partial charge in [0.15, 0.2) is 0 Å². The van der Waals surface area contributed by atoms with Gasteiger partial charge in [-0.1, -0.05) is 45.6 Å². The van der Waals surface area contributed by atoms with Gasteiger partial charge in [-0.2, -0.15) is 0 Å². The van der Waals surface area contributed by atoms with E-state index < -0.39 is 65.4 Å². The third-order valence-corrected chi connectivity index (χ3v) is 10.6. The van der Waals surface area contributed by atoms with Gasteiger partial charge in [0.05, 0.1) is 12.2 Å². The number of nitrogens with zero attached hydrogens (tertiary/aromatic N) is 3. The molecule has 0 spiro atoms. The summed E-state index contributed by atoms with van der Waals surface area (Å²) < 4.78 is 0. The summed E-state index contributed by atoms with van der Waals surface area (Å²) in [4.78, 5) is 103. The third kappa shape index (κ3) is 9.56. The van der Waals surface area contributed by atoms with Crippen molar-refractivity contribution in [3.8, 4) is 0 Å². The quantitative estimate of drug-likeness (QED) is 0.121. The van der Waals surface area contributed by atoms with E-state index in [0.717, 1.165) is 51.0 Å². The van der Waals surface area contributed by atoms with Crippen LogP contribution >= 0.6 is 0 Å². The van der Waals surface area contributed by atoms with Crippen LogP contribution in [0.15, 0.2) is 31.2 Å². The van der Waals surface area contributed by atoms with Crippen molar-refractivity contribution in [3.05, 3.63) is 36.9 Å². The molecule has 1 aromatic rings. The lowest BCUT2D eigenvalue weighted by molar-refractivity contribution is -0.144. The van der Waals surface area contributed by atoms with Crippen molar-refractivity contribution >= 4 is 41.2 Å². The largest absolute Gasteiger partial charge is 0.350 e. The van der Waals surface area contributed by atoms with Crippen LogP contribution < -0.4 is 26.6 Å². The number of nitrogens with one attached hydrogen (secondary N) is 5. The molecule has 0 radical (unpaired) electrons. The molecule has 0 aromatic carbocycles. The van der Waals surface area contributed by atoms with Gasteiger partial charge in [-0.3, -0.25) is 38.5 Å². The average Bonchev–Trinajstić information content (AvgIpc) is 3.71. The highest BCUT2D eigenvalue weighted by atomic mass is 16.2. The van der Waals surface area contributed by atoms with E-state index in [1.807, 2.05) is 6.92 Å². The summed E-state index contributed by atoms with van der Waals surface area (Å²) in [6.45, 7) is 5.29. The molecule has 3 saturated carbocycles. The zero-order chi connectivity index (χ0) is 36.5. The monoisotopic (exact) mass is 706 g/mol. The van der Waals surface area contributed by atoms with E-state index >= 15 is 0 Å². The number of aromatic nitrogens is 2. The van der Waals surface area contributed by atoms with Crippen molar-refractivity contribution < 1.29 is 33.6 Å². The first kappa shape index (κ1) is 37.6. The number of amides is 6. The molecular formula is C36H50N8O7. The molecule has 6 atom stereocenters. The summed E-state index contributed by atoms with van der Waals surface area (Å²) >= 11 is 0. The molecular weight excluding hydrogens is 656 g/mol. The van der Waals surface area contributed by atoms with Crippen LogP contribution in [0.3, 0.4) is 0 Å². The number of fused-ring (bicyclic) bond motifs is 1. The van der Waals surface area contributed by atoms with Crippen LogP contribution in [-0.2, 0) is 28.8 Å². The highest BCUT2D eigenvalue weighted by molar-refractivity contribution is 6.38. The van der Waals surface area contributed by atoms with Crippen LogP contribution in [0.2, 0.25) is 0 Å². The second kappa shape index (κ2) is 17.5. The normalized spacial score (nSPS) is 23.2. The Balaban J connectivity index is 1.37. The molecule has 15 heteroatoms. The molecule has 3 aliphatic carbocycles. The Kier molecular flexibility index (Phi) is 12.9. The van der Waals surface area contributed by atoms with Crippen molar-refractivity contribution in [2.45, 2.75) is 114 Å². The van der Waals surface area contributed by atoms with Crippen LogP contribution in [0.4, 0.5) is 0 Å². The summed E-state index contributed by atoms with van der Waals surface area (Å²) in [6, 6.07) is -4.29. The van der Waals surface area contributed by atoms with Gasteiger partial charge in [0.1, 0.15) is 23.8 Å². The summed E-state index contributed by atoms with van der Waals surface area (Å²) in [5, 5.41) is 13.7. The Morgan fingerprint density at radius 1 is 0.922 bits per heavy atom. The fourth-order valence-electron chi connectivity index (χ4n) is 7.76. The van der Waals surface area contributed by atoms with Crippen LogP contribution in [-0.4, -0.2) is 99.4 Å². The summed E-state index contributed by atoms with van der Waals surface area (Å²) in [5.41, 5.74) is 0.0410. The molecule has 5 rings (SSSR count). The lowest BCUT2D eigenvalue weighted by Gasteiger charge is -2.34. The van der Waals surface area contributed by atoms with Crippen LogP contribution in [0.5, 0.6) is 0 Å². The first-order valence-electron chi connectivity index (χ1n) is 18.3. The Morgan fingerprint density at radius 3 is 2.35 bits per heavy atom. The van der Waals surface area contributed by atoms with Gasteiger partial charge < -0.3 is 31.5 Å². The number of likely N-dealkylation sites (tertiary alicyclic amines) is 1. The topological polar surface area (TPSA) is 209 Å². The van der Waals surface area contributed by atoms with Gasteiger partial charge in [0.25, 0.3) is 11.8 Å². The summed E-state index contributed by atoms with van der Waals surface area (Å²) in [6.07, 6.45) is 14.1. The average molecular weight is 707 g/mol. The zero-order valence-corrected chi connectivity index (χ0v) is 29.2. The molecule has 2 heterocycles. The first-order valence-corrected chi connectivity index (χ1v) is 18.3. The molecule has 0 bridgehead atoms. The minimum absolute atomic E-state index is 0.0200. The highest BCUT2D eigenvalue weighted by Gasteiger charge is 2.51. The fourth-order valence-corrected chi connectivity index (χ4v) is 7.76. The fraction of sp³-hybridized carbons (Fsp3) is 0.639. The minimum Gasteiger partial charge on any atom is -0.350 e. The highest BCUT2D eigenvalue weighted by Crippen LogP contribution is 2.42. The molecule has 1 aromatic heterocycles. The zero-order valence-electron chi connectivity index (χ0n) is 29.2. The molecule has 4 aliphatic rings. The van der Waals surface area contributed by atoms with Crippen molar-refractivity contribution in [1.29, 1.82) is 0 Å². The Hall–Kier alpha value is -4.69. The van der Waals surface area contributed by atoms with Gasteiger partial charge in [-0.25, -0.2) is 4.98 Å². The number of Topliss-reactive ketones (excluding diaryl/α,β-unsaturated/α-hetero) is 1. The number of carbonyl (C=O) groups is 7. The van der Waals surface area contributed by atoms with Crippen molar-refractivity contribution in [2.75, 3.05) is 13.1 Å². The van der Waals surface area contributed by atoms with Gasteiger partial charge >= 0.3 is 0 Å². The molecule has 1 unspecified atom stereocenters. The molecule has 51 heavy (non-hydrogen) atoms. The molecule has 1 saturated heterocycles. The standard InChI is InChI=1S/C36H50N8O7/c1-3-9-25(31(46)35(50)40-23-14-15-23)41-34(49)30-24-13-8-12-22(24)20-44(30)36(51)27(19-39-28(45)4-2)42-33(48)29(21-10-6-5-7-11-21)43-32(47)26-18-37-16-17-38-26/h4,16-18,21-25,27,29-30H,2-3,5-15,19-20H2,1H3,(H,39,45)(H,40,50)(H,41,49)(H,42,48)(H,43,47)/t22-,24-,25-,27-,29-,30?/m0/s1. The van der Waals surface area contributed by atoms with E-state index in [2.05, 4.69) is 43.1 Å². The summed E-state index contributed by atoms with van der Waals surface area (Å²) in [7, 11) is 0. The second-order valence-corrected chi connectivity index (χ2v) is 14.2. The number of hydrogen-bond donors (Lipinski definition) is 5. The SMILES string of the molecule is C=CC(=O)NC[C@H](NC(=O)[C@@H](NC(=O)c1cnccn1)C1CCCCC1)C(=O)N1C[C@@H]2CCC[C@@H]2C1C(=O)N[C@@H](CCC)C(=O)C(=O)NC1CC1. The van der Waals surface area contributed by atoms with Gasteiger partial charge in [0, 0.05) is 31.5 Å². The third-order valence-electron chi connectivity index (χ3n) is 10.6. The van der Waals surface area contributed by atoms with E-state index in [1.54, 1.807) is 0 Å². The number of ketones is 1. The first-order chi connectivity index (χ1) is 24.6. The number of hydrogen-bond acceptors (Lipinski definition) is 9. The van der Waals surface area contributed by atoms with Crippen molar-refractivity contribution in [3.63, 3.8) is 0 Å². The van der Waals surface area contributed by atoms with E-state index in [-0.39, 0.29) is 49.0 Å². The lowest BCUT2D eigenvalue weighted by atomic mass is 9.83. The number of carbonyl (C=O) groups excluding carboxylic acids is 7. The molecule has 5 N–H and O–H groups in total. The molecule has 15 nitrogen and oxygen atoms in total. The maximum absolute atomic E-state index is 14.5. The van der Waals surface area contributed by atoms with Gasteiger partial charge in [-0.05, 0) is 68.8 Å². The smallest absolute Gasteiger partial charge is 0.289 e. The molecule has 4 fully saturated rings. The van der Waals surface area contributed by atoms with Gasteiger partial charge in [-0.15, -0.1) is 0 Å². The Bertz CT molecular complexity index is 1480. The van der Waals surface area contributed by atoms with Crippen LogP contribution in [0, 0.1) is 17.8 Å². The van der Waals surface area contributed by atoms with E-state index in [1.165, 1.54) is 23.5 Å². The number of rotatable bonds is 16. The Labute approximate surface area is 297 Å². The van der Waals surface area contributed by atoms with E-state index in [0.29, 0.717) is 25.7 Å². The van der Waals surface area contributed by atoms with Crippen LogP contribution in [0.1, 0.15) is 94.5 Å². The molecule has 1 aliphatic heterocycles. The van der Waals surface area contributed by atoms with E-state index in [4.69, 9.17) is 0 Å². The van der Waals surface area contributed by atoms with Gasteiger partial charge in [0.2, 0.25) is 29.4 Å². The van der Waals surface area contributed by atoms with Crippen molar-refractivity contribution in [2.24, 2.45) is 17.8 Å². The predicted molar refractivity (Wildman–Crippen MR) is 184 cm³/mol. The Morgan fingerprint density at radius 2 is 1.69 bits per heavy atom. The second-order valence-electron chi connectivity index (χ2n) is 14.2. The molecule has 276 valence electrons. The molecule has 6 amide bonds. The summed E-state index contributed by atoms with van der Waals surface area (Å²) in [5.74, 6) is -4.62. The van der Waals surface area contributed by atoms with Crippen LogP contribution in [0.25, 0.3) is 0 Å². The predicted octanol–water partition coefficient (Wildman–Crippen LogP) is 0.702. The maximum atomic E-state index is 14.5. The lowest BCUT2D eigenvalue weighted by Crippen LogP contribution is -2.61. The minimum atomic E-state index is -1.28. The van der Waals surface area contributed by atoms with Crippen molar-refractivity contribution in [1.82, 2.24) is 41.5 Å². The maximum Gasteiger partial charge on any atom is 0.289 e. The van der Waals surface area contributed by atoms with E-state index in [9.17, 15) is 33.6 Å².